The van der Waals surface area contributed by atoms with Crippen LogP contribution in [-0.4, -0.2) is 32.3 Å². The number of aliphatic imine (C=N–C) groups is 1. The predicted octanol–water partition coefficient (Wildman–Crippen LogP) is 2.93. The van der Waals surface area contributed by atoms with Crippen LogP contribution in [0.15, 0.2) is 23.2 Å². The van der Waals surface area contributed by atoms with Crippen LogP contribution in [0.1, 0.15) is 25.0 Å². The highest BCUT2D eigenvalue weighted by Gasteiger charge is 2.33. The number of alkyl halides is 3. The van der Waals surface area contributed by atoms with Crippen LogP contribution in [0.5, 0.6) is 0 Å². The standard InChI is InChI=1S/C15H21F4N3O/c1-14(2,23-4)9-22-13(20-3)21-8-10-5-6-11(16)7-12(10)15(17,18)19/h5-7H,8-9H2,1-4H3,(H2,20,21,22). The van der Waals surface area contributed by atoms with Gasteiger partial charge in [0.15, 0.2) is 5.96 Å². The van der Waals surface area contributed by atoms with Gasteiger partial charge in [0.05, 0.1) is 11.2 Å². The van der Waals surface area contributed by atoms with Gasteiger partial charge in [0.1, 0.15) is 5.82 Å². The Morgan fingerprint density at radius 1 is 1.22 bits per heavy atom. The van der Waals surface area contributed by atoms with Crippen molar-refractivity contribution in [3.8, 4) is 0 Å². The topological polar surface area (TPSA) is 45.7 Å². The molecule has 0 atom stereocenters. The monoisotopic (exact) mass is 335 g/mol. The van der Waals surface area contributed by atoms with E-state index in [1.165, 1.54) is 7.05 Å². The number of methoxy groups -OCH3 is 1. The van der Waals surface area contributed by atoms with Crippen molar-refractivity contribution in [1.82, 2.24) is 10.6 Å². The lowest BCUT2D eigenvalue weighted by atomic mass is 10.1. The Labute approximate surface area is 132 Å². The van der Waals surface area contributed by atoms with E-state index in [-0.39, 0.29) is 12.1 Å². The molecule has 1 aromatic carbocycles. The predicted molar refractivity (Wildman–Crippen MR) is 80.7 cm³/mol. The zero-order chi connectivity index (χ0) is 17.7. The number of benzene rings is 1. The molecule has 0 aliphatic heterocycles. The van der Waals surface area contributed by atoms with E-state index in [1.807, 2.05) is 13.8 Å². The fourth-order valence-corrected chi connectivity index (χ4v) is 1.74. The zero-order valence-electron chi connectivity index (χ0n) is 13.5. The molecule has 0 aliphatic rings. The van der Waals surface area contributed by atoms with Gasteiger partial charge in [-0.25, -0.2) is 4.39 Å². The number of ether oxygens (including phenoxy) is 1. The first-order chi connectivity index (χ1) is 10.6. The zero-order valence-corrected chi connectivity index (χ0v) is 13.5. The second kappa shape index (κ2) is 7.63. The molecule has 4 nitrogen and oxygen atoms in total. The molecule has 8 heteroatoms. The fourth-order valence-electron chi connectivity index (χ4n) is 1.74. The number of nitrogens with one attached hydrogen (secondary N) is 2. The van der Waals surface area contributed by atoms with Crippen molar-refractivity contribution in [2.45, 2.75) is 32.2 Å². The molecule has 0 fully saturated rings. The molecule has 0 aliphatic carbocycles. The van der Waals surface area contributed by atoms with E-state index in [0.717, 1.165) is 12.1 Å². The highest BCUT2D eigenvalue weighted by molar-refractivity contribution is 5.79. The molecule has 0 spiro atoms. The molecular formula is C15H21F4N3O. The summed E-state index contributed by atoms with van der Waals surface area (Å²) in [4.78, 5) is 3.93. The van der Waals surface area contributed by atoms with E-state index in [4.69, 9.17) is 4.74 Å². The summed E-state index contributed by atoms with van der Waals surface area (Å²) in [5.41, 5.74) is -1.52. The van der Waals surface area contributed by atoms with Crippen LogP contribution in [-0.2, 0) is 17.5 Å². The largest absolute Gasteiger partial charge is 0.416 e. The van der Waals surface area contributed by atoms with Crippen molar-refractivity contribution in [2.24, 2.45) is 4.99 Å². The van der Waals surface area contributed by atoms with Crippen molar-refractivity contribution in [2.75, 3.05) is 20.7 Å². The highest BCUT2D eigenvalue weighted by atomic mass is 19.4. The number of rotatable bonds is 5. The Morgan fingerprint density at radius 3 is 2.39 bits per heavy atom. The minimum Gasteiger partial charge on any atom is -0.377 e. The molecule has 130 valence electrons. The van der Waals surface area contributed by atoms with E-state index in [9.17, 15) is 17.6 Å². The van der Waals surface area contributed by atoms with Gasteiger partial charge >= 0.3 is 6.18 Å². The normalized spacial score (nSPS) is 13.1. The summed E-state index contributed by atoms with van der Waals surface area (Å²) < 4.78 is 57.1. The molecule has 23 heavy (non-hydrogen) atoms. The number of guanidine groups is 1. The number of hydrogen-bond acceptors (Lipinski definition) is 2. The van der Waals surface area contributed by atoms with Crippen molar-refractivity contribution < 1.29 is 22.3 Å². The lowest BCUT2D eigenvalue weighted by Gasteiger charge is -2.24. The number of halogens is 4. The van der Waals surface area contributed by atoms with Crippen LogP contribution in [0.4, 0.5) is 17.6 Å². The van der Waals surface area contributed by atoms with Crippen LogP contribution in [0.2, 0.25) is 0 Å². The molecule has 2 N–H and O–H groups in total. The first kappa shape index (κ1) is 19.2. The lowest BCUT2D eigenvalue weighted by Crippen LogP contribution is -2.45. The van der Waals surface area contributed by atoms with E-state index in [0.29, 0.717) is 18.6 Å². The molecule has 0 bridgehead atoms. The first-order valence-electron chi connectivity index (χ1n) is 6.94. The molecular weight excluding hydrogens is 314 g/mol. The molecule has 0 amide bonds. The van der Waals surface area contributed by atoms with Gasteiger partial charge in [-0.3, -0.25) is 4.99 Å². The molecule has 1 rings (SSSR count). The van der Waals surface area contributed by atoms with E-state index in [1.54, 1.807) is 7.11 Å². The Balaban J connectivity index is 2.77. The molecule has 0 heterocycles. The lowest BCUT2D eigenvalue weighted by molar-refractivity contribution is -0.138. The molecule has 0 unspecified atom stereocenters. The third-order valence-corrected chi connectivity index (χ3v) is 3.28. The van der Waals surface area contributed by atoms with Gasteiger partial charge in [-0.05, 0) is 31.5 Å². The Bertz CT molecular complexity index is 556. The summed E-state index contributed by atoms with van der Waals surface area (Å²) in [7, 11) is 3.07. The Kier molecular flexibility index (Phi) is 6.37. The molecule has 0 saturated carbocycles. The van der Waals surface area contributed by atoms with Crippen LogP contribution < -0.4 is 10.6 Å². The van der Waals surface area contributed by atoms with Gasteiger partial charge < -0.3 is 15.4 Å². The number of nitrogens with zero attached hydrogens (tertiary/aromatic N) is 1. The maximum atomic E-state index is 13.1. The van der Waals surface area contributed by atoms with Crippen molar-refractivity contribution in [1.29, 1.82) is 0 Å². The first-order valence-corrected chi connectivity index (χ1v) is 6.94. The summed E-state index contributed by atoms with van der Waals surface area (Å²) in [5.74, 6) is -0.599. The van der Waals surface area contributed by atoms with Crippen LogP contribution in [0, 0.1) is 5.82 Å². The minimum absolute atomic E-state index is 0.0622. The molecule has 0 radical (unpaired) electrons. The highest BCUT2D eigenvalue weighted by Crippen LogP contribution is 2.32. The summed E-state index contributed by atoms with van der Waals surface area (Å²) in [6.45, 7) is 3.99. The second-order valence-corrected chi connectivity index (χ2v) is 5.54. The Hall–Kier alpha value is -1.83. The van der Waals surface area contributed by atoms with Crippen molar-refractivity contribution in [3.05, 3.63) is 35.1 Å². The third-order valence-electron chi connectivity index (χ3n) is 3.28. The van der Waals surface area contributed by atoms with Gasteiger partial charge in [-0.1, -0.05) is 6.07 Å². The van der Waals surface area contributed by atoms with Crippen molar-refractivity contribution >= 4 is 5.96 Å². The molecule has 0 aromatic heterocycles. The maximum Gasteiger partial charge on any atom is 0.416 e. The molecule has 1 aromatic rings. The summed E-state index contributed by atoms with van der Waals surface area (Å²) in [6.07, 6.45) is -4.62. The van der Waals surface area contributed by atoms with E-state index >= 15 is 0 Å². The van der Waals surface area contributed by atoms with Crippen molar-refractivity contribution in [3.63, 3.8) is 0 Å². The van der Waals surface area contributed by atoms with E-state index < -0.39 is 23.2 Å². The maximum absolute atomic E-state index is 13.1. The fraction of sp³-hybridized carbons (Fsp3) is 0.533. The van der Waals surface area contributed by atoms with Gasteiger partial charge in [-0.2, -0.15) is 13.2 Å². The quantitative estimate of drug-likeness (QED) is 0.494. The second-order valence-electron chi connectivity index (χ2n) is 5.54. The smallest absolute Gasteiger partial charge is 0.377 e. The van der Waals surface area contributed by atoms with Gasteiger partial charge in [0.2, 0.25) is 0 Å². The van der Waals surface area contributed by atoms with E-state index in [2.05, 4.69) is 15.6 Å². The third kappa shape index (κ3) is 6.05. The van der Waals surface area contributed by atoms with Crippen LogP contribution >= 0.6 is 0 Å². The summed E-state index contributed by atoms with van der Waals surface area (Å²) in [5, 5.41) is 5.73. The minimum atomic E-state index is -4.62. The Morgan fingerprint density at radius 2 is 1.87 bits per heavy atom. The van der Waals surface area contributed by atoms with Gasteiger partial charge in [0, 0.05) is 27.2 Å². The van der Waals surface area contributed by atoms with Gasteiger partial charge in [0.25, 0.3) is 0 Å². The SMILES string of the molecule is CN=C(NCc1ccc(F)cc1C(F)(F)F)NCC(C)(C)OC. The summed E-state index contributed by atoms with van der Waals surface area (Å²) in [6, 6.07) is 2.59. The van der Waals surface area contributed by atoms with Crippen LogP contribution in [0.3, 0.4) is 0 Å². The average molecular weight is 335 g/mol. The van der Waals surface area contributed by atoms with Crippen LogP contribution in [0.25, 0.3) is 0 Å². The average Bonchev–Trinajstić information content (AvgIpc) is 2.47. The van der Waals surface area contributed by atoms with Gasteiger partial charge in [-0.15, -0.1) is 0 Å². The molecule has 0 saturated heterocycles. The summed E-state index contributed by atoms with van der Waals surface area (Å²) >= 11 is 0. The number of hydrogen-bond donors (Lipinski definition) is 2.